The van der Waals surface area contributed by atoms with Crippen molar-refractivity contribution >= 4 is 32.2 Å². The second-order valence-electron chi connectivity index (χ2n) is 5.96. The molecule has 0 aliphatic carbocycles. The summed E-state index contributed by atoms with van der Waals surface area (Å²) < 4.78 is 3.82. The Morgan fingerprint density at radius 3 is 3.08 bits per heavy atom. The highest BCUT2D eigenvalue weighted by Crippen LogP contribution is 2.28. The Morgan fingerprint density at radius 2 is 2.29 bits per heavy atom. The lowest BCUT2D eigenvalue weighted by atomic mass is 10.0. The van der Waals surface area contributed by atoms with E-state index in [1.807, 2.05) is 28.2 Å². The van der Waals surface area contributed by atoms with E-state index < -0.39 is 5.97 Å². The van der Waals surface area contributed by atoms with Crippen LogP contribution in [0, 0.1) is 0 Å². The summed E-state index contributed by atoms with van der Waals surface area (Å²) in [5.74, 6) is 0.704. The first-order valence-corrected chi connectivity index (χ1v) is 8.15. The molecule has 124 valence electrons. The van der Waals surface area contributed by atoms with Crippen LogP contribution in [0.3, 0.4) is 0 Å². The Hall–Kier alpha value is -2.47. The number of carbonyl (C=O) groups is 1. The molecule has 0 spiro atoms. The van der Waals surface area contributed by atoms with E-state index in [4.69, 9.17) is 5.11 Å². The molecular formula is C15H17N6O2P. The van der Waals surface area contributed by atoms with Crippen molar-refractivity contribution < 1.29 is 9.90 Å². The fourth-order valence-corrected chi connectivity index (χ4v) is 3.55. The zero-order valence-corrected chi connectivity index (χ0v) is 14.3. The van der Waals surface area contributed by atoms with Crippen LogP contribution in [0.5, 0.6) is 0 Å². The van der Waals surface area contributed by atoms with Gasteiger partial charge < -0.3 is 18.9 Å². The van der Waals surface area contributed by atoms with Crippen LogP contribution in [0.1, 0.15) is 22.7 Å². The Kier molecular flexibility index (Phi) is 3.49. The highest BCUT2D eigenvalue weighted by atomic mass is 31.0. The molecule has 0 amide bonds. The van der Waals surface area contributed by atoms with Gasteiger partial charge in [-0.2, -0.15) is 0 Å². The van der Waals surface area contributed by atoms with E-state index in [-0.39, 0.29) is 11.7 Å². The quantitative estimate of drug-likeness (QED) is 0.723. The number of likely N-dealkylation sites (N-methyl/N-ethyl adjacent to an activating group) is 1. The van der Waals surface area contributed by atoms with Gasteiger partial charge in [0.1, 0.15) is 23.6 Å². The SMILES string of the molecule is CN(c1ncnc2c1ccn2P)C1CCn2cc(C(=O)O)nc2C1. The van der Waals surface area contributed by atoms with Crippen LogP contribution >= 0.6 is 9.39 Å². The van der Waals surface area contributed by atoms with Gasteiger partial charge in [-0.25, -0.2) is 19.7 Å². The molecule has 3 aromatic rings. The van der Waals surface area contributed by atoms with E-state index in [0.717, 1.165) is 35.6 Å². The van der Waals surface area contributed by atoms with Crippen LogP contribution in [0.15, 0.2) is 24.8 Å². The van der Waals surface area contributed by atoms with Gasteiger partial charge in [-0.15, -0.1) is 0 Å². The Morgan fingerprint density at radius 1 is 1.46 bits per heavy atom. The largest absolute Gasteiger partial charge is 0.476 e. The van der Waals surface area contributed by atoms with E-state index in [9.17, 15) is 4.79 Å². The average Bonchev–Trinajstić information content (AvgIpc) is 3.17. The number of nitrogens with zero attached hydrogens (tertiary/aromatic N) is 6. The highest BCUT2D eigenvalue weighted by Gasteiger charge is 2.27. The summed E-state index contributed by atoms with van der Waals surface area (Å²) in [5.41, 5.74) is 0.972. The number of hydrogen-bond donors (Lipinski definition) is 1. The number of hydrogen-bond acceptors (Lipinski definition) is 5. The van der Waals surface area contributed by atoms with Gasteiger partial charge in [0.25, 0.3) is 0 Å². The maximum atomic E-state index is 11.1. The molecule has 3 aromatic heterocycles. The number of aromatic nitrogens is 5. The number of imidazole rings is 1. The first-order valence-electron chi connectivity index (χ1n) is 7.64. The monoisotopic (exact) mass is 344 g/mol. The Balaban J connectivity index is 1.65. The van der Waals surface area contributed by atoms with E-state index >= 15 is 0 Å². The van der Waals surface area contributed by atoms with Crippen molar-refractivity contribution in [2.75, 3.05) is 11.9 Å². The van der Waals surface area contributed by atoms with Crippen LogP contribution in [-0.4, -0.2) is 48.0 Å². The predicted molar refractivity (Wildman–Crippen MR) is 92.3 cm³/mol. The molecule has 0 saturated heterocycles. The second kappa shape index (κ2) is 5.56. The van der Waals surface area contributed by atoms with Crippen LogP contribution in [-0.2, 0) is 13.0 Å². The smallest absolute Gasteiger partial charge is 0.356 e. The van der Waals surface area contributed by atoms with Crippen molar-refractivity contribution in [2.24, 2.45) is 0 Å². The molecule has 1 aliphatic heterocycles. The maximum absolute atomic E-state index is 11.1. The van der Waals surface area contributed by atoms with Gasteiger partial charge in [0, 0.05) is 38.4 Å². The van der Waals surface area contributed by atoms with E-state index in [0.29, 0.717) is 6.42 Å². The van der Waals surface area contributed by atoms with Crippen molar-refractivity contribution in [2.45, 2.75) is 25.4 Å². The molecule has 2 unspecified atom stereocenters. The molecule has 4 rings (SSSR count). The first-order chi connectivity index (χ1) is 11.5. The standard InChI is InChI=1S/C15H17N6O2P/c1-19(13-10-3-5-21(24)14(10)17-8-16-13)9-2-4-20-7-11(15(22)23)18-12(20)6-9/h3,5,7-9H,2,4,6,24H2,1H3,(H,22,23). The molecule has 1 aliphatic rings. The third-order valence-corrected chi connectivity index (χ3v) is 4.99. The van der Waals surface area contributed by atoms with Crippen molar-refractivity contribution in [3.8, 4) is 0 Å². The van der Waals surface area contributed by atoms with Gasteiger partial charge in [0.05, 0.1) is 5.39 Å². The van der Waals surface area contributed by atoms with Gasteiger partial charge >= 0.3 is 5.97 Å². The number of aryl methyl sites for hydroxylation is 1. The first kappa shape index (κ1) is 15.1. The lowest BCUT2D eigenvalue weighted by Gasteiger charge is -2.32. The molecule has 0 radical (unpaired) electrons. The van der Waals surface area contributed by atoms with Crippen LogP contribution in [0.2, 0.25) is 0 Å². The number of rotatable bonds is 3. The minimum atomic E-state index is -0.985. The second-order valence-corrected chi connectivity index (χ2v) is 6.51. The number of anilines is 1. The fourth-order valence-electron chi connectivity index (χ4n) is 3.26. The summed E-state index contributed by atoms with van der Waals surface area (Å²) in [7, 11) is 4.63. The summed E-state index contributed by atoms with van der Waals surface area (Å²) in [5, 5.41) is 10.1. The predicted octanol–water partition coefficient (Wildman–Crippen LogP) is 1.42. The van der Waals surface area contributed by atoms with Crippen LogP contribution in [0.4, 0.5) is 5.82 Å². The average molecular weight is 344 g/mol. The van der Waals surface area contributed by atoms with E-state index in [2.05, 4.69) is 29.2 Å². The van der Waals surface area contributed by atoms with Crippen molar-refractivity contribution in [3.05, 3.63) is 36.3 Å². The van der Waals surface area contributed by atoms with Gasteiger partial charge in [0.2, 0.25) is 0 Å². The lowest BCUT2D eigenvalue weighted by Crippen LogP contribution is -2.38. The van der Waals surface area contributed by atoms with Gasteiger partial charge in [-0.05, 0) is 21.9 Å². The molecule has 9 heteroatoms. The molecule has 24 heavy (non-hydrogen) atoms. The Labute approximate surface area is 140 Å². The zero-order valence-electron chi connectivity index (χ0n) is 13.1. The fraction of sp³-hybridized carbons (Fsp3) is 0.333. The lowest BCUT2D eigenvalue weighted by molar-refractivity contribution is 0.0691. The van der Waals surface area contributed by atoms with Crippen molar-refractivity contribution in [1.82, 2.24) is 23.9 Å². The summed E-state index contributed by atoms with van der Waals surface area (Å²) >= 11 is 0. The molecule has 0 bridgehead atoms. The summed E-state index contributed by atoms with van der Waals surface area (Å²) in [6.45, 7) is 0.753. The third-order valence-electron chi connectivity index (χ3n) is 4.57. The van der Waals surface area contributed by atoms with Gasteiger partial charge in [-0.1, -0.05) is 0 Å². The zero-order chi connectivity index (χ0) is 16.8. The summed E-state index contributed by atoms with van der Waals surface area (Å²) in [6, 6.07) is 2.22. The number of aromatic carboxylic acids is 1. The van der Waals surface area contributed by atoms with Crippen molar-refractivity contribution in [3.63, 3.8) is 0 Å². The normalized spacial score (nSPS) is 17.0. The minimum Gasteiger partial charge on any atom is -0.476 e. The molecule has 2 atom stereocenters. The number of carboxylic acids is 1. The molecular weight excluding hydrogens is 327 g/mol. The summed E-state index contributed by atoms with van der Waals surface area (Å²) in [4.78, 5) is 26.2. The van der Waals surface area contributed by atoms with Crippen LogP contribution < -0.4 is 4.90 Å². The number of carboxylic acid groups (broad SMARTS) is 1. The topological polar surface area (TPSA) is 89.1 Å². The molecule has 8 nitrogen and oxygen atoms in total. The van der Waals surface area contributed by atoms with E-state index in [1.165, 1.54) is 0 Å². The number of fused-ring (bicyclic) bond motifs is 2. The minimum absolute atomic E-state index is 0.109. The molecule has 0 saturated carbocycles. The molecule has 0 fully saturated rings. The van der Waals surface area contributed by atoms with Gasteiger partial charge in [-0.3, -0.25) is 0 Å². The third kappa shape index (κ3) is 2.34. The maximum Gasteiger partial charge on any atom is 0.356 e. The molecule has 0 aromatic carbocycles. The van der Waals surface area contributed by atoms with E-state index in [1.54, 1.807) is 12.5 Å². The van der Waals surface area contributed by atoms with Gasteiger partial charge in [0.15, 0.2) is 5.69 Å². The Bertz CT molecular complexity index is 933. The molecule has 4 heterocycles. The molecule has 1 N–H and O–H groups in total. The highest BCUT2D eigenvalue weighted by molar-refractivity contribution is 7.14. The van der Waals surface area contributed by atoms with Crippen molar-refractivity contribution in [1.29, 1.82) is 0 Å². The summed E-state index contributed by atoms with van der Waals surface area (Å²) in [6.07, 6.45) is 6.73. The van der Waals surface area contributed by atoms with Crippen LogP contribution in [0.25, 0.3) is 11.0 Å².